The van der Waals surface area contributed by atoms with Gasteiger partial charge in [0.15, 0.2) is 6.10 Å². The Morgan fingerprint density at radius 3 is 2.33 bits per heavy atom. The number of hydrogen-bond acceptors (Lipinski definition) is 3. The Kier molecular flexibility index (Phi) is 6.32. The largest absolute Gasteiger partial charge is 0.479 e. The summed E-state index contributed by atoms with van der Waals surface area (Å²) >= 11 is 12.4. The van der Waals surface area contributed by atoms with E-state index in [1.807, 2.05) is 24.3 Å². The minimum Gasteiger partial charge on any atom is -0.479 e. The third-order valence-corrected chi connectivity index (χ3v) is 4.65. The molecule has 3 aromatic rings. The highest BCUT2D eigenvalue weighted by Gasteiger charge is 2.25. The number of benzene rings is 2. The van der Waals surface area contributed by atoms with E-state index in [-0.39, 0.29) is 12.5 Å². The maximum absolute atomic E-state index is 13.1. The molecule has 0 N–H and O–H groups in total. The molecule has 0 fully saturated rings. The third kappa shape index (κ3) is 4.79. The zero-order valence-electron chi connectivity index (χ0n) is 14.7. The van der Waals surface area contributed by atoms with Crippen LogP contribution < -0.4 is 9.64 Å². The minimum absolute atomic E-state index is 0.242. The molecule has 1 amide bonds. The van der Waals surface area contributed by atoms with Crippen LogP contribution in [0.25, 0.3) is 0 Å². The summed E-state index contributed by atoms with van der Waals surface area (Å²) in [5.74, 6) is 0.740. The number of carbonyl (C=O) groups is 1. The van der Waals surface area contributed by atoms with Gasteiger partial charge in [0.05, 0.1) is 11.6 Å². The van der Waals surface area contributed by atoms with Crippen molar-refractivity contribution in [1.82, 2.24) is 4.98 Å². The molecule has 0 radical (unpaired) electrons. The highest BCUT2D eigenvalue weighted by atomic mass is 35.5. The van der Waals surface area contributed by atoms with Crippen LogP contribution in [0.15, 0.2) is 72.9 Å². The highest BCUT2D eigenvalue weighted by molar-refractivity contribution is 6.32. The van der Waals surface area contributed by atoms with E-state index in [0.717, 1.165) is 5.56 Å². The van der Waals surface area contributed by atoms with Gasteiger partial charge < -0.3 is 4.74 Å². The molecule has 0 spiro atoms. The van der Waals surface area contributed by atoms with Crippen molar-refractivity contribution in [3.8, 4) is 5.75 Å². The van der Waals surface area contributed by atoms with Gasteiger partial charge in [0.2, 0.25) is 0 Å². The summed E-state index contributed by atoms with van der Waals surface area (Å²) in [6.45, 7) is 1.97. The van der Waals surface area contributed by atoms with Crippen molar-refractivity contribution in [1.29, 1.82) is 0 Å². The number of amides is 1. The lowest BCUT2D eigenvalue weighted by atomic mass is 10.2. The van der Waals surface area contributed by atoms with Crippen LogP contribution >= 0.6 is 23.2 Å². The lowest BCUT2D eigenvalue weighted by Crippen LogP contribution is -2.40. The normalized spacial score (nSPS) is 11.7. The van der Waals surface area contributed by atoms with Crippen LogP contribution in [-0.2, 0) is 11.3 Å². The van der Waals surface area contributed by atoms with Crippen molar-refractivity contribution in [2.75, 3.05) is 4.90 Å². The monoisotopic (exact) mass is 400 g/mol. The second-order valence-corrected chi connectivity index (χ2v) is 6.71. The highest BCUT2D eigenvalue weighted by Crippen LogP contribution is 2.26. The van der Waals surface area contributed by atoms with Crippen LogP contribution in [-0.4, -0.2) is 17.0 Å². The number of hydrogen-bond donors (Lipinski definition) is 0. The zero-order valence-corrected chi connectivity index (χ0v) is 16.2. The van der Waals surface area contributed by atoms with Gasteiger partial charge in [0, 0.05) is 11.2 Å². The van der Waals surface area contributed by atoms with Crippen LogP contribution in [0.3, 0.4) is 0 Å². The topological polar surface area (TPSA) is 42.4 Å². The Morgan fingerprint density at radius 1 is 1.00 bits per heavy atom. The van der Waals surface area contributed by atoms with E-state index < -0.39 is 6.10 Å². The summed E-state index contributed by atoms with van der Waals surface area (Å²) in [5, 5.41) is 1.04. The molecule has 6 heteroatoms. The Morgan fingerprint density at radius 2 is 1.67 bits per heavy atom. The Labute approximate surface area is 168 Å². The summed E-state index contributed by atoms with van der Waals surface area (Å²) in [5.41, 5.74) is 0.822. The van der Waals surface area contributed by atoms with Crippen molar-refractivity contribution >= 4 is 34.9 Å². The first-order valence-electron chi connectivity index (χ1n) is 8.43. The summed E-state index contributed by atoms with van der Waals surface area (Å²) in [6.07, 6.45) is 0.885. The van der Waals surface area contributed by atoms with Crippen molar-refractivity contribution in [3.63, 3.8) is 0 Å². The first-order valence-corrected chi connectivity index (χ1v) is 9.19. The number of nitrogens with zero attached hydrogens (tertiary/aromatic N) is 2. The number of carbonyl (C=O) groups excluding carboxylic acids is 1. The predicted octanol–water partition coefficient (Wildman–Crippen LogP) is 5.39. The lowest BCUT2D eigenvalue weighted by molar-refractivity contribution is -0.124. The summed E-state index contributed by atoms with van der Waals surface area (Å²) in [4.78, 5) is 19.0. The van der Waals surface area contributed by atoms with Crippen LogP contribution in [0.5, 0.6) is 5.75 Å². The zero-order chi connectivity index (χ0) is 19.2. The molecule has 4 nitrogen and oxygen atoms in total. The van der Waals surface area contributed by atoms with Gasteiger partial charge in [-0.2, -0.15) is 0 Å². The van der Waals surface area contributed by atoms with E-state index in [4.69, 9.17) is 27.9 Å². The molecule has 3 rings (SSSR count). The molecule has 1 unspecified atom stereocenters. The first-order chi connectivity index (χ1) is 13.1. The van der Waals surface area contributed by atoms with Crippen LogP contribution in [0.2, 0.25) is 10.0 Å². The van der Waals surface area contributed by atoms with Crippen molar-refractivity contribution in [3.05, 3.63) is 88.5 Å². The predicted molar refractivity (Wildman–Crippen MR) is 108 cm³/mol. The molecular formula is C21H18Cl2N2O2. The second-order valence-electron chi connectivity index (χ2n) is 5.89. The maximum Gasteiger partial charge on any atom is 0.269 e. The Bertz CT molecular complexity index is 919. The molecular weight excluding hydrogens is 383 g/mol. The van der Waals surface area contributed by atoms with Gasteiger partial charge in [-0.1, -0.05) is 59.6 Å². The molecule has 0 aliphatic carbocycles. The SMILES string of the molecule is CC(Oc1ccccc1Cl)C(=O)N(Cc1ccccc1Cl)c1ccccn1. The molecule has 0 saturated carbocycles. The number of para-hydroxylation sites is 1. The van der Waals surface area contributed by atoms with Gasteiger partial charge >= 0.3 is 0 Å². The molecule has 1 aromatic heterocycles. The van der Waals surface area contributed by atoms with Gasteiger partial charge in [0.1, 0.15) is 11.6 Å². The van der Waals surface area contributed by atoms with E-state index in [1.54, 1.807) is 60.5 Å². The smallest absolute Gasteiger partial charge is 0.269 e. The molecule has 0 aliphatic heterocycles. The van der Waals surface area contributed by atoms with Gasteiger partial charge in [-0.05, 0) is 42.8 Å². The number of anilines is 1. The number of halogens is 2. The van der Waals surface area contributed by atoms with Crippen LogP contribution in [0.1, 0.15) is 12.5 Å². The summed E-state index contributed by atoms with van der Waals surface area (Å²) in [6, 6.07) is 19.9. The quantitative estimate of drug-likeness (QED) is 0.556. The maximum atomic E-state index is 13.1. The Hall–Kier alpha value is -2.56. The number of aromatic nitrogens is 1. The number of pyridine rings is 1. The average molecular weight is 401 g/mol. The van der Waals surface area contributed by atoms with Crippen LogP contribution in [0.4, 0.5) is 5.82 Å². The average Bonchev–Trinajstić information content (AvgIpc) is 2.69. The molecule has 0 saturated heterocycles. The van der Waals surface area contributed by atoms with Crippen molar-refractivity contribution in [2.24, 2.45) is 0 Å². The van der Waals surface area contributed by atoms with Crippen molar-refractivity contribution in [2.45, 2.75) is 19.6 Å². The van der Waals surface area contributed by atoms with E-state index in [1.165, 1.54) is 0 Å². The van der Waals surface area contributed by atoms with Gasteiger partial charge in [-0.25, -0.2) is 4.98 Å². The van der Waals surface area contributed by atoms with Crippen molar-refractivity contribution < 1.29 is 9.53 Å². The molecule has 138 valence electrons. The van der Waals surface area contributed by atoms with Gasteiger partial charge in [-0.3, -0.25) is 9.69 Å². The molecule has 2 aromatic carbocycles. The summed E-state index contributed by atoms with van der Waals surface area (Å²) < 4.78 is 5.79. The molecule has 27 heavy (non-hydrogen) atoms. The van der Waals surface area contributed by atoms with E-state index in [2.05, 4.69) is 4.98 Å². The third-order valence-electron chi connectivity index (χ3n) is 3.97. The number of ether oxygens (including phenoxy) is 1. The molecule has 0 bridgehead atoms. The van der Waals surface area contributed by atoms with E-state index in [9.17, 15) is 4.79 Å². The molecule has 1 heterocycles. The lowest BCUT2D eigenvalue weighted by Gasteiger charge is -2.26. The van der Waals surface area contributed by atoms with Crippen LogP contribution in [0, 0.1) is 0 Å². The molecule has 1 atom stereocenters. The standard InChI is InChI=1S/C21H18Cl2N2O2/c1-15(27-19-11-5-4-10-18(19)23)21(26)25(20-12-6-7-13-24-20)14-16-8-2-3-9-17(16)22/h2-13,15H,14H2,1H3. The van der Waals surface area contributed by atoms with E-state index >= 15 is 0 Å². The second kappa shape index (κ2) is 8.89. The Balaban J connectivity index is 1.87. The number of rotatable bonds is 6. The van der Waals surface area contributed by atoms with E-state index in [0.29, 0.717) is 21.6 Å². The fourth-order valence-corrected chi connectivity index (χ4v) is 2.96. The van der Waals surface area contributed by atoms with Gasteiger partial charge in [0.25, 0.3) is 5.91 Å². The van der Waals surface area contributed by atoms with Gasteiger partial charge in [-0.15, -0.1) is 0 Å². The molecule has 0 aliphatic rings. The minimum atomic E-state index is -0.755. The fourth-order valence-electron chi connectivity index (χ4n) is 2.58. The first kappa shape index (κ1) is 19.2. The fraction of sp³-hybridized carbons (Fsp3) is 0.143. The summed E-state index contributed by atoms with van der Waals surface area (Å²) in [7, 11) is 0.